The molecule has 0 aromatic carbocycles. The molecule has 1 aliphatic carbocycles. The summed E-state index contributed by atoms with van der Waals surface area (Å²) in [5, 5.41) is 5.43. The van der Waals surface area contributed by atoms with Gasteiger partial charge < -0.3 is 4.74 Å². The molecule has 0 saturated heterocycles. The van der Waals surface area contributed by atoms with Crippen LogP contribution in [0.4, 0.5) is 0 Å². The monoisotopic (exact) mass is 260 g/mol. The number of thioether (sulfide) groups is 1. The van der Waals surface area contributed by atoms with Crippen molar-refractivity contribution in [2.24, 2.45) is 5.14 Å². The molecule has 0 unspecified atom stereocenters. The third kappa shape index (κ3) is 2.66. The van der Waals surface area contributed by atoms with Crippen LogP contribution in [0.1, 0.15) is 12.8 Å². The molecule has 0 atom stereocenters. The van der Waals surface area contributed by atoms with Gasteiger partial charge in [0.15, 0.2) is 10.8 Å². The third-order valence-electron chi connectivity index (χ3n) is 2.10. The number of primary sulfonamides is 1. The van der Waals surface area contributed by atoms with E-state index in [2.05, 4.69) is 4.98 Å². The summed E-state index contributed by atoms with van der Waals surface area (Å²) in [6.07, 6.45) is 4.16. The van der Waals surface area contributed by atoms with E-state index in [0.29, 0.717) is 10.8 Å². The Morgan fingerprint density at radius 1 is 1.50 bits per heavy atom. The fraction of sp³-hybridized carbons (Fsp3) is 0.444. The van der Waals surface area contributed by atoms with Crippen molar-refractivity contribution in [2.45, 2.75) is 29.0 Å². The number of hydrogen-bond acceptors (Lipinski definition) is 5. The van der Waals surface area contributed by atoms with Crippen molar-refractivity contribution in [1.29, 1.82) is 0 Å². The lowest BCUT2D eigenvalue weighted by molar-refractivity contribution is 0.293. The first-order valence-electron chi connectivity index (χ1n) is 4.75. The highest BCUT2D eigenvalue weighted by atomic mass is 32.2. The largest absolute Gasteiger partial charge is 0.488 e. The molecule has 0 spiro atoms. The average Bonchev–Trinajstić information content (AvgIpc) is 3.00. The lowest BCUT2D eigenvalue weighted by Crippen LogP contribution is -2.14. The van der Waals surface area contributed by atoms with Gasteiger partial charge in [-0.3, -0.25) is 0 Å². The molecule has 88 valence electrons. The topological polar surface area (TPSA) is 82.3 Å². The standard InChI is InChI=1S/C9H12N2O3S2/c1-15-9-7(14-6-2-3-6)4-5-8(11-9)16(10,12)13/h4-6H,2-3H2,1H3,(H2,10,12,13). The van der Waals surface area contributed by atoms with Crippen molar-refractivity contribution in [3.8, 4) is 5.75 Å². The first-order valence-corrected chi connectivity index (χ1v) is 7.52. The SMILES string of the molecule is CSc1nc(S(N)(=O)=O)ccc1OC1CC1. The van der Waals surface area contributed by atoms with Gasteiger partial charge in [0.05, 0.1) is 6.10 Å². The van der Waals surface area contributed by atoms with E-state index < -0.39 is 10.0 Å². The number of nitrogens with zero attached hydrogens (tertiary/aromatic N) is 1. The van der Waals surface area contributed by atoms with Crippen LogP contribution in [-0.4, -0.2) is 25.8 Å². The molecular weight excluding hydrogens is 248 g/mol. The molecule has 2 N–H and O–H groups in total. The minimum Gasteiger partial charge on any atom is -0.488 e. The molecule has 0 amide bonds. The number of pyridine rings is 1. The van der Waals surface area contributed by atoms with Gasteiger partial charge in [0, 0.05) is 0 Å². The minimum absolute atomic E-state index is 0.125. The summed E-state index contributed by atoms with van der Waals surface area (Å²) in [6, 6.07) is 2.98. The van der Waals surface area contributed by atoms with E-state index in [4.69, 9.17) is 9.88 Å². The summed E-state index contributed by atoms with van der Waals surface area (Å²) >= 11 is 1.34. The number of hydrogen-bond donors (Lipinski definition) is 1. The Balaban J connectivity index is 2.33. The van der Waals surface area contributed by atoms with E-state index in [1.165, 1.54) is 17.8 Å². The third-order valence-corrected chi connectivity index (χ3v) is 3.59. The summed E-state index contributed by atoms with van der Waals surface area (Å²) in [5.74, 6) is 0.627. The highest BCUT2D eigenvalue weighted by molar-refractivity contribution is 7.98. The summed E-state index contributed by atoms with van der Waals surface area (Å²) in [5.41, 5.74) is 0. The van der Waals surface area contributed by atoms with E-state index in [1.54, 1.807) is 6.07 Å². The second-order valence-electron chi connectivity index (χ2n) is 3.52. The maximum absolute atomic E-state index is 11.1. The quantitative estimate of drug-likeness (QED) is 0.816. The van der Waals surface area contributed by atoms with Crippen molar-refractivity contribution >= 4 is 21.8 Å². The van der Waals surface area contributed by atoms with Gasteiger partial charge in [-0.25, -0.2) is 18.5 Å². The van der Waals surface area contributed by atoms with Crippen molar-refractivity contribution < 1.29 is 13.2 Å². The molecule has 7 heteroatoms. The Morgan fingerprint density at radius 3 is 2.69 bits per heavy atom. The molecule has 0 aliphatic heterocycles. The van der Waals surface area contributed by atoms with Gasteiger partial charge in [-0.15, -0.1) is 11.8 Å². The minimum atomic E-state index is -3.75. The number of nitrogens with two attached hydrogens (primary N) is 1. The summed E-state index contributed by atoms with van der Waals surface area (Å²) in [7, 11) is -3.75. The van der Waals surface area contributed by atoms with Crippen molar-refractivity contribution in [1.82, 2.24) is 4.98 Å². The van der Waals surface area contributed by atoms with E-state index in [-0.39, 0.29) is 11.1 Å². The Labute approximate surface area is 98.4 Å². The number of aromatic nitrogens is 1. The van der Waals surface area contributed by atoms with Crippen LogP contribution in [0, 0.1) is 0 Å². The zero-order valence-electron chi connectivity index (χ0n) is 8.71. The molecule has 5 nitrogen and oxygen atoms in total. The maximum Gasteiger partial charge on any atom is 0.255 e. The number of ether oxygens (including phenoxy) is 1. The molecular formula is C9H12N2O3S2. The van der Waals surface area contributed by atoms with E-state index in [1.807, 2.05) is 6.26 Å². The second-order valence-corrected chi connectivity index (χ2v) is 5.82. The van der Waals surface area contributed by atoms with E-state index in [0.717, 1.165) is 12.8 Å². The molecule has 0 radical (unpaired) electrons. The molecule has 1 fully saturated rings. The van der Waals surface area contributed by atoms with Crippen molar-refractivity contribution in [3.05, 3.63) is 12.1 Å². The zero-order chi connectivity index (χ0) is 11.8. The predicted molar refractivity (Wildman–Crippen MR) is 61.0 cm³/mol. The summed E-state index contributed by atoms with van der Waals surface area (Å²) in [4.78, 5) is 3.97. The first-order chi connectivity index (χ1) is 7.50. The van der Waals surface area contributed by atoms with Crippen LogP contribution in [0.25, 0.3) is 0 Å². The normalized spacial score (nSPS) is 16.1. The zero-order valence-corrected chi connectivity index (χ0v) is 10.3. The number of sulfonamides is 1. The Morgan fingerprint density at radius 2 is 2.19 bits per heavy atom. The fourth-order valence-corrected chi connectivity index (χ4v) is 2.21. The van der Waals surface area contributed by atoms with Gasteiger partial charge in [0.1, 0.15) is 5.03 Å². The molecule has 1 saturated carbocycles. The van der Waals surface area contributed by atoms with Gasteiger partial charge in [0.2, 0.25) is 0 Å². The molecule has 1 aliphatic rings. The molecule has 0 bridgehead atoms. The lowest BCUT2D eigenvalue weighted by atomic mass is 10.4. The molecule has 1 heterocycles. The van der Waals surface area contributed by atoms with Gasteiger partial charge in [-0.05, 0) is 31.2 Å². The van der Waals surface area contributed by atoms with Crippen molar-refractivity contribution in [3.63, 3.8) is 0 Å². The maximum atomic E-state index is 11.1. The molecule has 16 heavy (non-hydrogen) atoms. The van der Waals surface area contributed by atoms with E-state index in [9.17, 15) is 8.42 Å². The smallest absolute Gasteiger partial charge is 0.255 e. The Hall–Kier alpha value is -0.790. The molecule has 1 aromatic rings. The predicted octanol–water partition coefficient (Wildman–Crippen LogP) is 0.992. The number of rotatable bonds is 4. The van der Waals surface area contributed by atoms with Gasteiger partial charge in [-0.1, -0.05) is 0 Å². The van der Waals surface area contributed by atoms with Crippen LogP contribution < -0.4 is 9.88 Å². The van der Waals surface area contributed by atoms with Crippen LogP contribution in [0.2, 0.25) is 0 Å². The van der Waals surface area contributed by atoms with Crippen LogP contribution in [0.3, 0.4) is 0 Å². The van der Waals surface area contributed by atoms with Gasteiger partial charge in [0.25, 0.3) is 10.0 Å². The van der Waals surface area contributed by atoms with Crippen LogP contribution in [-0.2, 0) is 10.0 Å². The molecule has 2 rings (SSSR count). The Kier molecular flexibility index (Phi) is 3.09. The van der Waals surface area contributed by atoms with Gasteiger partial charge >= 0.3 is 0 Å². The van der Waals surface area contributed by atoms with Crippen molar-refractivity contribution in [2.75, 3.05) is 6.26 Å². The van der Waals surface area contributed by atoms with Crippen LogP contribution in [0.5, 0.6) is 5.75 Å². The average molecular weight is 260 g/mol. The van der Waals surface area contributed by atoms with Gasteiger partial charge in [-0.2, -0.15) is 0 Å². The first kappa shape index (κ1) is 11.7. The van der Waals surface area contributed by atoms with Crippen LogP contribution in [0.15, 0.2) is 22.2 Å². The second kappa shape index (κ2) is 4.23. The fourth-order valence-electron chi connectivity index (χ4n) is 1.17. The van der Waals surface area contributed by atoms with E-state index >= 15 is 0 Å². The Bertz CT molecular complexity index is 497. The van der Waals surface area contributed by atoms with Crippen LogP contribution >= 0.6 is 11.8 Å². The highest BCUT2D eigenvalue weighted by Gasteiger charge is 2.25. The summed E-state index contributed by atoms with van der Waals surface area (Å²) < 4.78 is 27.8. The highest BCUT2D eigenvalue weighted by Crippen LogP contribution is 2.32. The molecule has 1 aromatic heterocycles. The summed E-state index contributed by atoms with van der Waals surface area (Å²) in [6.45, 7) is 0. The lowest BCUT2D eigenvalue weighted by Gasteiger charge is -2.09.